The van der Waals surface area contributed by atoms with Gasteiger partial charge in [-0.15, -0.1) is 0 Å². The zero-order valence-corrected chi connectivity index (χ0v) is 14.4. The first-order valence-electron chi connectivity index (χ1n) is 7.62. The quantitative estimate of drug-likeness (QED) is 0.828. The summed E-state index contributed by atoms with van der Waals surface area (Å²) in [6.07, 6.45) is -0.724. The fourth-order valence-electron chi connectivity index (χ4n) is 2.00. The molecule has 0 fully saturated rings. The van der Waals surface area contributed by atoms with Gasteiger partial charge in [-0.25, -0.2) is 4.79 Å². The minimum atomic E-state index is -1.12. The van der Waals surface area contributed by atoms with Crippen LogP contribution in [0, 0.1) is 0 Å². The summed E-state index contributed by atoms with van der Waals surface area (Å²) in [5.74, 6) is -1.61. The van der Waals surface area contributed by atoms with Crippen LogP contribution in [0.3, 0.4) is 0 Å². The highest BCUT2D eigenvalue weighted by molar-refractivity contribution is 5.87. The van der Waals surface area contributed by atoms with Gasteiger partial charge in [-0.3, -0.25) is 9.59 Å². The number of carbonyl (C=O) groups is 3. The predicted octanol–water partition coefficient (Wildman–Crippen LogP) is 2.01. The van der Waals surface area contributed by atoms with E-state index < -0.39 is 36.2 Å². The number of alkyl carbamates (subject to hydrolysis) is 1. The lowest BCUT2D eigenvalue weighted by atomic mass is 10.2. The van der Waals surface area contributed by atoms with Crippen LogP contribution in [0.2, 0.25) is 0 Å². The summed E-state index contributed by atoms with van der Waals surface area (Å²) in [5.41, 5.74) is 0.119. The number of hydrogen-bond acceptors (Lipinski definition) is 4. The summed E-state index contributed by atoms with van der Waals surface area (Å²) < 4.78 is 5.10. The Balaban J connectivity index is 2.76. The topological polar surface area (TPSA) is 95.9 Å². The largest absolute Gasteiger partial charge is 0.480 e. The van der Waals surface area contributed by atoms with Gasteiger partial charge in [0.1, 0.15) is 18.2 Å². The maximum absolute atomic E-state index is 12.5. The molecular formula is C17H24N2O5. The highest BCUT2D eigenvalue weighted by Gasteiger charge is 2.26. The average molecular weight is 336 g/mol. The van der Waals surface area contributed by atoms with Gasteiger partial charge in [-0.2, -0.15) is 0 Å². The monoisotopic (exact) mass is 336 g/mol. The van der Waals surface area contributed by atoms with Gasteiger partial charge in [-0.1, -0.05) is 30.3 Å². The average Bonchev–Trinajstić information content (AvgIpc) is 2.44. The molecule has 1 unspecified atom stereocenters. The van der Waals surface area contributed by atoms with E-state index in [1.807, 2.05) is 6.07 Å². The summed E-state index contributed by atoms with van der Waals surface area (Å²) in [6.45, 7) is 6.33. The standard InChI is InChI=1S/C17H24N2O5/c1-12(18-16(23)24-17(2,3)4)15(22)19(11-14(20)21)10-13-8-6-5-7-9-13/h5-9,12H,10-11H2,1-4H3,(H,18,23)(H,20,21). The predicted molar refractivity (Wildman–Crippen MR) is 88.3 cm³/mol. The molecule has 0 bridgehead atoms. The molecule has 7 nitrogen and oxygen atoms in total. The zero-order chi connectivity index (χ0) is 18.3. The molecule has 1 aromatic carbocycles. The summed E-state index contributed by atoms with van der Waals surface area (Å²) >= 11 is 0. The van der Waals surface area contributed by atoms with Crippen molar-refractivity contribution in [2.45, 2.75) is 45.9 Å². The van der Waals surface area contributed by atoms with Crippen LogP contribution in [-0.4, -0.2) is 46.2 Å². The Morgan fingerprint density at radius 2 is 1.79 bits per heavy atom. The first kappa shape index (κ1) is 19.5. The van der Waals surface area contributed by atoms with Crippen LogP contribution in [0.15, 0.2) is 30.3 Å². The molecule has 0 radical (unpaired) electrons. The molecule has 0 spiro atoms. The lowest BCUT2D eigenvalue weighted by molar-refractivity contribution is -0.145. The van der Waals surface area contributed by atoms with E-state index >= 15 is 0 Å². The van der Waals surface area contributed by atoms with Crippen molar-refractivity contribution >= 4 is 18.0 Å². The number of aliphatic carboxylic acids is 1. The lowest BCUT2D eigenvalue weighted by Crippen LogP contribution is -2.49. The SMILES string of the molecule is CC(NC(=O)OC(C)(C)C)C(=O)N(CC(=O)O)Cc1ccccc1. The Hall–Kier alpha value is -2.57. The number of benzene rings is 1. The normalized spacial score (nSPS) is 12.2. The van der Waals surface area contributed by atoms with Gasteiger partial charge >= 0.3 is 12.1 Å². The van der Waals surface area contributed by atoms with E-state index in [1.54, 1.807) is 45.0 Å². The number of rotatable bonds is 6. The third-order valence-corrected chi connectivity index (χ3v) is 2.96. The number of amides is 2. The van der Waals surface area contributed by atoms with Gasteiger partial charge in [0.15, 0.2) is 0 Å². The van der Waals surface area contributed by atoms with Crippen LogP contribution in [0.1, 0.15) is 33.3 Å². The van der Waals surface area contributed by atoms with Crippen LogP contribution in [0.4, 0.5) is 4.79 Å². The fourth-order valence-corrected chi connectivity index (χ4v) is 2.00. The molecule has 1 aromatic rings. The minimum absolute atomic E-state index is 0.145. The molecular weight excluding hydrogens is 312 g/mol. The lowest BCUT2D eigenvalue weighted by Gasteiger charge is -2.26. The van der Waals surface area contributed by atoms with Crippen molar-refractivity contribution in [3.8, 4) is 0 Å². The van der Waals surface area contributed by atoms with Gasteiger partial charge in [-0.05, 0) is 33.3 Å². The van der Waals surface area contributed by atoms with E-state index in [0.29, 0.717) is 0 Å². The molecule has 2 N–H and O–H groups in total. The third-order valence-electron chi connectivity index (χ3n) is 2.96. The third kappa shape index (κ3) is 7.13. The highest BCUT2D eigenvalue weighted by atomic mass is 16.6. The Kier molecular flexibility index (Phi) is 6.76. The van der Waals surface area contributed by atoms with Gasteiger partial charge in [0, 0.05) is 6.54 Å². The van der Waals surface area contributed by atoms with Crippen molar-refractivity contribution in [3.63, 3.8) is 0 Å². The Bertz CT molecular complexity index is 580. The fraction of sp³-hybridized carbons (Fsp3) is 0.471. The van der Waals surface area contributed by atoms with E-state index in [-0.39, 0.29) is 6.54 Å². The van der Waals surface area contributed by atoms with Crippen LogP contribution >= 0.6 is 0 Å². The number of carboxylic acids is 1. The number of carboxylic acid groups (broad SMARTS) is 1. The molecule has 0 heterocycles. The maximum atomic E-state index is 12.5. The molecule has 0 saturated heterocycles. The van der Waals surface area contributed by atoms with Crippen molar-refractivity contribution in [2.24, 2.45) is 0 Å². The molecule has 1 rings (SSSR count). The van der Waals surface area contributed by atoms with Crippen molar-refractivity contribution in [1.82, 2.24) is 10.2 Å². The number of ether oxygens (including phenoxy) is 1. The van der Waals surface area contributed by atoms with Crippen LogP contribution in [0.5, 0.6) is 0 Å². The second-order valence-corrected chi connectivity index (χ2v) is 6.44. The van der Waals surface area contributed by atoms with Crippen molar-refractivity contribution in [2.75, 3.05) is 6.54 Å². The highest BCUT2D eigenvalue weighted by Crippen LogP contribution is 2.09. The van der Waals surface area contributed by atoms with Crippen LogP contribution < -0.4 is 5.32 Å². The number of hydrogen-bond donors (Lipinski definition) is 2. The number of nitrogens with one attached hydrogen (secondary N) is 1. The molecule has 7 heteroatoms. The molecule has 2 amide bonds. The van der Waals surface area contributed by atoms with Crippen molar-refractivity contribution < 1.29 is 24.2 Å². The Morgan fingerprint density at radius 1 is 1.21 bits per heavy atom. The Morgan fingerprint density at radius 3 is 2.29 bits per heavy atom. The maximum Gasteiger partial charge on any atom is 0.408 e. The smallest absolute Gasteiger partial charge is 0.408 e. The molecule has 0 aliphatic rings. The molecule has 24 heavy (non-hydrogen) atoms. The molecule has 132 valence electrons. The number of nitrogens with zero attached hydrogens (tertiary/aromatic N) is 1. The van der Waals surface area contributed by atoms with Gasteiger partial charge in [0.25, 0.3) is 0 Å². The van der Waals surface area contributed by atoms with Crippen molar-refractivity contribution in [1.29, 1.82) is 0 Å². The second kappa shape index (κ2) is 8.33. The van der Waals surface area contributed by atoms with Crippen LogP contribution in [0.25, 0.3) is 0 Å². The summed E-state index contributed by atoms with van der Waals surface area (Å²) in [7, 11) is 0. The van der Waals surface area contributed by atoms with E-state index in [1.165, 1.54) is 11.8 Å². The van der Waals surface area contributed by atoms with E-state index in [9.17, 15) is 14.4 Å². The number of carbonyl (C=O) groups excluding carboxylic acids is 2. The zero-order valence-electron chi connectivity index (χ0n) is 14.4. The molecule has 1 atom stereocenters. The van der Waals surface area contributed by atoms with E-state index in [2.05, 4.69) is 5.32 Å². The minimum Gasteiger partial charge on any atom is -0.480 e. The molecule has 0 aliphatic carbocycles. The van der Waals surface area contributed by atoms with Gasteiger partial charge < -0.3 is 20.1 Å². The Labute approximate surface area is 141 Å². The first-order chi connectivity index (χ1) is 11.1. The van der Waals surface area contributed by atoms with Crippen molar-refractivity contribution in [3.05, 3.63) is 35.9 Å². The second-order valence-electron chi connectivity index (χ2n) is 6.44. The van der Waals surface area contributed by atoms with E-state index in [4.69, 9.17) is 9.84 Å². The first-order valence-corrected chi connectivity index (χ1v) is 7.62. The van der Waals surface area contributed by atoms with Gasteiger partial charge in [0.2, 0.25) is 5.91 Å². The summed E-state index contributed by atoms with van der Waals surface area (Å²) in [4.78, 5) is 36.4. The molecule has 0 aliphatic heterocycles. The van der Waals surface area contributed by atoms with E-state index in [0.717, 1.165) is 5.56 Å². The molecule has 0 saturated carbocycles. The van der Waals surface area contributed by atoms with Gasteiger partial charge in [0.05, 0.1) is 0 Å². The summed E-state index contributed by atoms with van der Waals surface area (Å²) in [6, 6.07) is 8.15. The van der Waals surface area contributed by atoms with Crippen LogP contribution in [-0.2, 0) is 20.9 Å². The summed E-state index contributed by atoms with van der Waals surface area (Å²) in [5, 5.41) is 11.5. The molecule has 0 aromatic heterocycles.